The Kier molecular flexibility index (Phi) is 3.18. The average Bonchev–Trinajstić information content (AvgIpc) is 2.85. The van der Waals surface area contributed by atoms with Crippen molar-refractivity contribution in [1.29, 1.82) is 0 Å². The third kappa shape index (κ3) is 2.55. The molecule has 1 saturated heterocycles. The summed E-state index contributed by atoms with van der Waals surface area (Å²) < 4.78 is 11.3. The van der Waals surface area contributed by atoms with Crippen molar-refractivity contribution in [3.8, 4) is 5.75 Å². The summed E-state index contributed by atoms with van der Waals surface area (Å²) in [5, 5.41) is 3.36. The number of hydrogen-bond donors (Lipinski definition) is 1. The van der Waals surface area contributed by atoms with E-state index in [1.165, 1.54) is 24.1 Å². The lowest BCUT2D eigenvalue weighted by atomic mass is 10.0. The minimum atomic E-state index is 0.565. The van der Waals surface area contributed by atoms with Crippen molar-refractivity contribution in [2.24, 2.45) is 5.92 Å². The van der Waals surface area contributed by atoms with E-state index in [-0.39, 0.29) is 0 Å². The van der Waals surface area contributed by atoms with Gasteiger partial charge in [0.15, 0.2) is 0 Å². The Balaban J connectivity index is 1.57. The molecule has 1 fully saturated rings. The topological polar surface area (TPSA) is 30.5 Å². The van der Waals surface area contributed by atoms with Crippen molar-refractivity contribution in [3.63, 3.8) is 0 Å². The van der Waals surface area contributed by atoms with Gasteiger partial charge in [0.2, 0.25) is 0 Å². The van der Waals surface area contributed by atoms with Gasteiger partial charge >= 0.3 is 0 Å². The number of benzene rings is 1. The maximum atomic E-state index is 5.86. The summed E-state index contributed by atoms with van der Waals surface area (Å²) in [4.78, 5) is 0. The predicted molar refractivity (Wildman–Crippen MR) is 67.7 cm³/mol. The van der Waals surface area contributed by atoms with E-state index in [1.807, 2.05) is 0 Å². The summed E-state index contributed by atoms with van der Waals surface area (Å²) in [6.45, 7) is 3.61. The molecule has 2 aliphatic rings. The van der Waals surface area contributed by atoms with Gasteiger partial charge in [0, 0.05) is 24.8 Å². The van der Waals surface area contributed by atoms with Gasteiger partial charge in [-0.2, -0.15) is 0 Å². The van der Waals surface area contributed by atoms with Gasteiger partial charge in [-0.25, -0.2) is 0 Å². The minimum absolute atomic E-state index is 0.565. The van der Waals surface area contributed by atoms with E-state index >= 15 is 0 Å². The Bertz CT molecular complexity index is 386. The van der Waals surface area contributed by atoms with Crippen LogP contribution in [-0.4, -0.2) is 26.4 Å². The van der Waals surface area contributed by atoms with Crippen molar-refractivity contribution in [2.45, 2.75) is 19.3 Å². The first-order valence-corrected chi connectivity index (χ1v) is 6.49. The van der Waals surface area contributed by atoms with Gasteiger partial charge in [-0.15, -0.1) is 0 Å². The van der Waals surface area contributed by atoms with Gasteiger partial charge < -0.3 is 14.8 Å². The van der Waals surface area contributed by atoms with E-state index in [0.717, 1.165) is 38.5 Å². The number of nitrogens with one attached hydrogen (secondary N) is 1. The van der Waals surface area contributed by atoms with Crippen molar-refractivity contribution in [1.82, 2.24) is 0 Å². The summed E-state index contributed by atoms with van der Waals surface area (Å²) in [6, 6.07) is 6.34. The Morgan fingerprint density at radius 3 is 3.29 bits per heavy atom. The van der Waals surface area contributed by atoms with Gasteiger partial charge in [0.05, 0.1) is 13.2 Å². The lowest BCUT2D eigenvalue weighted by molar-refractivity contribution is 0.0352. The highest BCUT2D eigenvalue weighted by molar-refractivity contribution is 5.57. The maximum Gasteiger partial charge on any atom is 0.119 e. The van der Waals surface area contributed by atoms with Crippen LogP contribution in [-0.2, 0) is 11.2 Å². The van der Waals surface area contributed by atoms with Crippen LogP contribution in [0.15, 0.2) is 18.2 Å². The molecule has 1 aromatic carbocycles. The fraction of sp³-hybridized carbons (Fsp3) is 0.571. The summed E-state index contributed by atoms with van der Waals surface area (Å²) >= 11 is 0. The fourth-order valence-electron chi connectivity index (χ4n) is 2.52. The first-order valence-electron chi connectivity index (χ1n) is 6.49. The molecule has 0 radical (unpaired) electrons. The molecule has 1 atom stereocenters. The predicted octanol–water partition coefficient (Wildman–Crippen LogP) is 2.46. The fourth-order valence-corrected chi connectivity index (χ4v) is 2.52. The lowest BCUT2D eigenvalue weighted by Gasteiger charge is -2.22. The molecule has 3 heteroatoms. The molecule has 2 aliphatic heterocycles. The minimum Gasteiger partial charge on any atom is -0.493 e. The van der Waals surface area contributed by atoms with E-state index in [0.29, 0.717) is 5.92 Å². The summed E-state index contributed by atoms with van der Waals surface area (Å²) in [7, 11) is 0. The molecule has 2 heterocycles. The van der Waals surface area contributed by atoms with Crippen LogP contribution in [0.1, 0.15) is 18.4 Å². The first kappa shape index (κ1) is 10.9. The summed E-state index contributed by atoms with van der Waals surface area (Å²) in [5.74, 6) is 1.56. The second kappa shape index (κ2) is 4.96. The molecule has 0 saturated carbocycles. The number of ether oxygens (including phenoxy) is 2. The Morgan fingerprint density at radius 2 is 2.41 bits per heavy atom. The number of rotatable bonds is 3. The van der Waals surface area contributed by atoms with Crippen LogP contribution in [0.3, 0.4) is 0 Å². The molecule has 92 valence electrons. The van der Waals surface area contributed by atoms with Gasteiger partial charge in [-0.1, -0.05) is 0 Å². The van der Waals surface area contributed by atoms with Gasteiger partial charge in [0.25, 0.3) is 0 Å². The SMILES string of the molecule is c1cc2c(cc1OCC1CCCOC1)CCN2. The zero-order valence-corrected chi connectivity index (χ0v) is 10.1. The van der Waals surface area contributed by atoms with Crippen LogP contribution in [0.25, 0.3) is 0 Å². The zero-order valence-electron chi connectivity index (χ0n) is 10.1. The Hall–Kier alpha value is -1.22. The van der Waals surface area contributed by atoms with Gasteiger partial charge in [-0.3, -0.25) is 0 Å². The molecule has 3 nitrogen and oxygen atoms in total. The van der Waals surface area contributed by atoms with Gasteiger partial charge in [0.1, 0.15) is 5.75 Å². The largest absolute Gasteiger partial charge is 0.493 e. The van der Waals surface area contributed by atoms with Crippen LogP contribution in [0.4, 0.5) is 5.69 Å². The van der Waals surface area contributed by atoms with E-state index < -0.39 is 0 Å². The van der Waals surface area contributed by atoms with Crippen molar-refractivity contribution >= 4 is 5.69 Å². The molecular formula is C14H19NO2. The third-order valence-electron chi connectivity index (χ3n) is 3.53. The number of fused-ring (bicyclic) bond motifs is 1. The molecule has 17 heavy (non-hydrogen) atoms. The van der Waals surface area contributed by atoms with Crippen LogP contribution in [0.5, 0.6) is 5.75 Å². The molecular weight excluding hydrogens is 214 g/mol. The molecule has 0 amide bonds. The second-order valence-corrected chi connectivity index (χ2v) is 4.89. The quantitative estimate of drug-likeness (QED) is 0.870. The van der Waals surface area contributed by atoms with E-state index in [9.17, 15) is 0 Å². The van der Waals surface area contributed by atoms with E-state index in [1.54, 1.807) is 0 Å². The Labute approximate surface area is 102 Å². The molecule has 0 aromatic heterocycles. The molecule has 1 unspecified atom stereocenters. The molecule has 0 bridgehead atoms. The third-order valence-corrected chi connectivity index (χ3v) is 3.53. The smallest absolute Gasteiger partial charge is 0.119 e. The molecule has 1 N–H and O–H groups in total. The van der Waals surface area contributed by atoms with Crippen LogP contribution in [0.2, 0.25) is 0 Å². The average molecular weight is 233 g/mol. The number of hydrogen-bond acceptors (Lipinski definition) is 3. The lowest BCUT2D eigenvalue weighted by Crippen LogP contribution is -2.23. The summed E-state index contributed by atoms with van der Waals surface area (Å²) in [6.07, 6.45) is 3.51. The highest BCUT2D eigenvalue weighted by Crippen LogP contribution is 2.27. The maximum absolute atomic E-state index is 5.86. The monoisotopic (exact) mass is 233 g/mol. The van der Waals surface area contributed by atoms with E-state index in [4.69, 9.17) is 9.47 Å². The van der Waals surface area contributed by atoms with E-state index in [2.05, 4.69) is 23.5 Å². The van der Waals surface area contributed by atoms with Crippen molar-refractivity contribution < 1.29 is 9.47 Å². The van der Waals surface area contributed by atoms with Crippen LogP contribution in [0, 0.1) is 5.92 Å². The summed E-state index contributed by atoms with van der Waals surface area (Å²) in [5.41, 5.74) is 2.64. The molecule has 3 rings (SSSR count). The zero-order chi connectivity index (χ0) is 11.5. The second-order valence-electron chi connectivity index (χ2n) is 4.89. The van der Waals surface area contributed by atoms with Crippen LogP contribution < -0.4 is 10.1 Å². The molecule has 0 aliphatic carbocycles. The highest BCUT2D eigenvalue weighted by atomic mass is 16.5. The normalized spacial score (nSPS) is 22.9. The standard InChI is InChI=1S/C14H19NO2/c1-2-11(9-16-7-1)10-17-13-3-4-14-12(8-13)5-6-15-14/h3-4,8,11,15H,1-2,5-7,9-10H2. The van der Waals surface area contributed by atoms with Gasteiger partial charge in [-0.05, 0) is 43.0 Å². The molecule has 0 spiro atoms. The van der Waals surface area contributed by atoms with Crippen LogP contribution >= 0.6 is 0 Å². The van der Waals surface area contributed by atoms with Crippen molar-refractivity contribution in [3.05, 3.63) is 23.8 Å². The Morgan fingerprint density at radius 1 is 1.41 bits per heavy atom. The first-order chi connectivity index (χ1) is 8.42. The van der Waals surface area contributed by atoms with Crippen molar-refractivity contribution in [2.75, 3.05) is 31.7 Å². The molecule has 1 aromatic rings. The number of anilines is 1. The highest BCUT2D eigenvalue weighted by Gasteiger charge is 2.15.